The lowest BCUT2D eigenvalue weighted by molar-refractivity contribution is -0.171. The molecule has 0 aliphatic heterocycles. The molecule has 0 aromatic carbocycles. The molecule has 0 saturated heterocycles. The van der Waals surface area contributed by atoms with Crippen molar-refractivity contribution in [3.8, 4) is 0 Å². The Morgan fingerprint density at radius 1 is 1.10 bits per heavy atom. The van der Waals surface area contributed by atoms with E-state index >= 15 is 0 Å². The van der Waals surface area contributed by atoms with E-state index in [0.717, 1.165) is 6.92 Å². The molecule has 0 heterocycles. The largest absolute Gasteiger partial charge is 0.391 e. The Balaban J connectivity index is 4.53. The molecule has 3 nitrogen and oxygen atoms in total. The monoisotopic (exact) mass is 363 g/mol. The summed E-state index contributed by atoms with van der Waals surface area (Å²) in [7, 11) is -4.33. The van der Waals surface area contributed by atoms with Crippen LogP contribution in [0.5, 0.6) is 0 Å². The molecule has 0 aromatic rings. The minimum Gasteiger partial charge on any atom is -0.314 e. The predicted octanol–water partition coefficient (Wildman–Crippen LogP) is 3.22. The van der Waals surface area contributed by atoms with E-state index in [1.54, 1.807) is 0 Å². The Morgan fingerprint density at radius 2 is 1.57 bits per heavy atom. The van der Waals surface area contributed by atoms with Crippen molar-refractivity contribution in [2.24, 2.45) is 11.7 Å². The highest BCUT2D eigenvalue weighted by Gasteiger charge is 2.38. The molecule has 0 rings (SSSR count). The van der Waals surface area contributed by atoms with Gasteiger partial charge in [0.25, 0.3) is 0 Å². The summed E-state index contributed by atoms with van der Waals surface area (Å²) in [5.41, 5.74) is 5.25. The fourth-order valence-electron chi connectivity index (χ4n) is 1.36. The van der Waals surface area contributed by atoms with Crippen LogP contribution >= 0.6 is 11.6 Å². The summed E-state index contributed by atoms with van der Waals surface area (Å²) in [5, 5.41) is -3.21. The quantitative estimate of drug-likeness (QED) is 0.558. The molecule has 0 fully saturated rings. The van der Waals surface area contributed by atoms with Gasteiger partial charge in [-0.1, -0.05) is 6.92 Å². The first-order valence-electron chi connectivity index (χ1n) is 5.91. The zero-order valence-electron chi connectivity index (χ0n) is 11.0. The van der Waals surface area contributed by atoms with Gasteiger partial charge in [-0.05, 0) is 12.8 Å². The molecule has 128 valence electrons. The van der Waals surface area contributed by atoms with E-state index in [1.807, 2.05) is 0 Å². The van der Waals surface area contributed by atoms with Gasteiger partial charge in [0.05, 0.1) is 23.5 Å². The average molecular weight is 364 g/mol. The molecule has 21 heavy (non-hydrogen) atoms. The first-order valence-corrected chi connectivity index (χ1v) is 8.06. The van der Waals surface area contributed by atoms with Gasteiger partial charge >= 0.3 is 12.4 Å². The molecule has 0 aliphatic rings. The van der Waals surface area contributed by atoms with Gasteiger partial charge in [0.1, 0.15) is 5.37 Å². The van der Waals surface area contributed by atoms with E-state index in [1.165, 1.54) is 0 Å². The average Bonchev–Trinajstić information content (AvgIpc) is 2.30. The van der Waals surface area contributed by atoms with Crippen LogP contribution in [0.15, 0.2) is 0 Å². The van der Waals surface area contributed by atoms with Gasteiger partial charge in [-0.25, -0.2) is 8.42 Å². The van der Waals surface area contributed by atoms with E-state index in [9.17, 15) is 34.8 Å². The highest BCUT2D eigenvalue weighted by Crippen LogP contribution is 2.31. The summed E-state index contributed by atoms with van der Waals surface area (Å²) in [6, 6.07) is 0. The first kappa shape index (κ1) is 20.8. The predicted molar refractivity (Wildman–Crippen MR) is 66.5 cm³/mol. The molecule has 0 bridgehead atoms. The molecule has 11 heteroatoms. The lowest BCUT2D eigenvalue weighted by Gasteiger charge is -2.21. The second-order valence-electron chi connectivity index (χ2n) is 4.73. The third-order valence-electron chi connectivity index (χ3n) is 2.88. The summed E-state index contributed by atoms with van der Waals surface area (Å²) in [6.07, 6.45) is -11.5. The molecule has 0 saturated carbocycles. The molecule has 0 aliphatic carbocycles. The van der Waals surface area contributed by atoms with Gasteiger partial charge in [0.15, 0.2) is 9.84 Å². The highest BCUT2D eigenvalue weighted by molar-refractivity contribution is 7.92. The highest BCUT2D eigenvalue weighted by atomic mass is 35.5. The SMILES string of the molecule is CC(CCC(Cl)C(N)S(=O)(=O)CCC(F)(F)F)C(F)(F)F. The fraction of sp³-hybridized carbons (Fsp3) is 1.00. The number of hydrogen-bond acceptors (Lipinski definition) is 3. The van der Waals surface area contributed by atoms with Crippen molar-refractivity contribution in [2.75, 3.05) is 5.75 Å². The molecular formula is C10H16ClF6NO2S. The van der Waals surface area contributed by atoms with Crippen LogP contribution < -0.4 is 5.73 Å². The molecule has 3 atom stereocenters. The third kappa shape index (κ3) is 8.10. The number of halogens is 7. The smallest absolute Gasteiger partial charge is 0.314 e. The molecule has 0 aromatic heterocycles. The first-order chi connectivity index (χ1) is 9.17. The van der Waals surface area contributed by atoms with Gasteiger partial charge in [-0.2, -0.15) is 26.3 Å². The summed E-state index contributed by atoms with van der Waals surface area (Å²) in [4.78, 5) is 0. The van der Waals surface area contributed by atoms with Crippen LogP contribution in [0.2, 0.25) is 0 Å². The van der Waals surface area contributed by atoms with Crippen LogP contribution in [0.3, 0.4) is 0 Å². The Morgan fingerprint density at radius 3 is 1.95 bits per heavy atom. The Bertz CT molecular complexity index is 422. The summed E-state index contributed by atoms with van der Waals surface area (Å²) in [5.74, 6) is -2.95. The zero-order valence-corrected chi connectivity index (χ0v) is 12.6. The lowest BCUT2D eigenvalue weighted by atomic mass is 10.0. The molecule has 0 amide bonds. The Kier molecular flexibility index (Phi) is 7.29. The van der Waals surface area contributed by atoms with Crippen LogP contribution in [0.1, 0.15) is 26.2 Å². The molecule has 0 spiro atoms. The molecule has 2 N–H and O–H groups in total. The zero-order chi connectivity index (χ0) is 17.1. The van der Waals surface area contributed by atoms with Gasteiger partial charge in [-0.3, -0.25) is 0 Å². The van der Waals surface area contributed by atoms with Gasteiger partial charge in [0.2, 0.25) is 0 Å². The van der Waals surface area contributed by atoms with Crippen molar-refractivity contribution in [2.45, 2.75) is 49.3 Å². The molecule has 0 radical (unpaired) electrons. The van der Waals surface area contributed by atoms with Crippen molar-refractivity contribution < 1.29 is 34.8 Å². The van der Waals surface area contributed by atoms with Crippen LogP contribution in [0, 0.1) is 5.92 Å². The summed E-state index contributed by atoms with van der Waals surface area (Å²) < 4.78 is 95.8. The number of hydrogen-bond donors (Lipinski definition) is 1. The van der Waals surface area contributed by atoms with Crippen LogP contribution in [0.4, 0.5) is 26.3 Å². The van der Waals surface area contributed by atoms with Gasteiger partial charge < -0.3 is 5.73 Å². The molecular weight excluding hydrogens is 348 g/mol. The van der Waals surface area contributed by atoms with E-state index in [-0.39, 0.29) is 6.42 Å². The minimum atomic E-state index is -4.67. The van der Waals surface area contributed by atoms with Crippen molar-refractivity contribution in [1.82, 2.24) is 0 Å². The topological polar surface area (TPSA) is 60.2 Å². The third-order valence-corrected chi connectivity index (χ3v) is 5.45. The van der Waals surface area contributed by atoms with Gasteiger partial charge in [0, 0.05) is 0 Å². The van der Waals surface area contributed by atoms with E-state index in [0.29, 0.717) is 0 Å². The van der Waals surface area contributed by atoms with E-state index < -0.39 is 57.5 Å². The fourth-order valence-corrected chi connectivity index (χ4v) is 3.33. The second-order valence-corrected chi connectivity index (χ2v) is 7.57. The van der Waals surface area contributed by atoms with Crippen molar-refractivity contribution in [1.29, 1.82) is 0 Å². The maximum atomic E-state index is 12.3. The van der Waals surface area contributed by atoms with Crippen molar-refractivity contribution >= 4 is 21.4 Å². The van der Waals surface area contributed by atoms with Gasteiger partial charge in [-0.15, -0.1) is 11.6 Å². The lowest BCUT2D eigenvalue weighted by Crippen LogP contribution is -2.41. The summed E-state index contributed by atoms with van der Waals surface area (Å²) in [6.45, 7) is 0.896. The van der Waals surface area contributed by atoms with E-state index in [4.69, 9.17) is 17.3 Å². The van der Waals surface area contributed by atoms with Crippen LogP contribution in [0.25, 0.3) is 0 Å². The maximum absolute atomic E-state index is 12.3. The minimum absolute atomic E-state index is 0.366. The Hall–Kier alpha value is -0.220. The number of sulfone groups is 1. The summed E-state index contributed by atoms with van der Waals surface area (Å²) >= 11 is 5.61. The van der Waals surface area contributed by atoms with Crippen LogP contribution in [-0.4, -0.2) is 37.3 Å². The normalized spacial score (nSPS) is 18.3. The standard InChI is InChI=1S/C10H16ClF6NO2S/c1-6(10(15,16)17)2-3-7(11)8(18)21(19,20)5-4-9(12,13)14/h6-8H,2-5,18H2,1H3. The van der Waals surface area contributed by atoms with Crippen molar-refractivity contribution in [3.05, 3.63) is 0 Å². The number of nitrogens with two attached hydrogens (primary N) is 1. The number of rotatable bonds is 7. The van der Waals surface area contributed by atoms with Crippen molar-refractivity contribution in [3.63, 3.8) is 0 Å². The second kappa shape index (κ2) is 7.36. The number of alkyl halides is 7. The Labute approximate surface area is 123 Å². The van der Waals surface area contributed by atoms with Crippen LogP contribution in [-0.2, 0) is 9.84 Å². The molecule has 3 unspecified atom stereocenters. The van der Waals surface area contributed by atoms with E-state index in [2.05, 4.69) is 0 Å². The maximum Gasteiger partial charge on any atom is 0.391 e.